The summed E-state index contributed by atoms with van der Waals surface area (Å²) < 4.78 is 28.6. The Kier molecular flexibility index (Phi) is 4.34. The molecule has 0 aliphatic carbocycles. The Bertz CT molecular complexity index is 934. The molecule has 1 aliphatic rings. The first-order valence-corrected chi connectivity index (χ1v) is 9.42. The summed E-state index contributed by atoms with van der Waals surface area (Å²) in [6.07, 6.45) is 0.391. The molecule has 3 rings (SSSR count). The second-order valence-electron chi connectivity index (χ2n) is 5.91. The van der Waals surface area contributed by atoms with Crippen molar-refractivity contribution < 1.29 is 22.6 Å². The van der Waals surface area contributed by atoms with Crippen LogP contribution in [0.4, 0.5) is 5.69 Å². The number of hydrogen-bond acceptors (Lipinski definition) is 6. The highest BCUT2D eigenvalue weighted by molar-refractivity contribution is 7.91. The lowest BCUT2D eigenvalue weighted by Gasteiger charge is -2.22. The van der Waals surface area contributed by atoms with Gasteiger partial charge in [0.25, 0.3) is 11.6 Å². The molecular weight excluding hydrogens is 348 g/mol. The highest BCUT2D eigenvalue weighted by Crippen LogP contribution is 2.31. The molecule has 1 amide bonds. The van der Waals surface area contributed by atoms with Crippen LogP contribution in [0, 0.1) is 10.1 Å². The normalized spacial score (nSPS) is 18.8. The third kappa shape index (κ3) is 3.41. The van der Waals surface area contributed by atoms with E-state index in [9.17, 15) is 23.3 Å². The van der Waals surface area contributed by atoms with Crippen molar-refractivity contribution in [1.29, 1.82) is 0 Å². The van der Waals surface area contributed by atoms with Crippen LogP contribution in [0.2, 0.25) is 0 Å². The molecule has 0 spiro atoms. The minimum Gasteiger partial charge on any atom is -0.451 e. The first-order valence-electron chi connectivity index (χ1n) is 7.60. The average Bonchev–Trinajstić information content (AvgIpc) is 3.20. The minimum atomic E-state index is -3.11. The number of benzene rings is 1. The molecule has 0 saturated carbocycles. The van der Waals surface area contributed by atoms with E-state index < -0.39 is 26.7 Å². The fourth-order valence-corrected chi connectivity index (χ4v) is 4.63. The zero-order valence-corrected chi connectivity index (χ0v) is 14.2. The lowest BCUT2D eigenvalue weighted by Crippen LogP contribution is -2.37. The van der Waals surface area contributed by atoms with E-state index in [0.717, 1.165) is 0 Å². The van der Waals surface area contributed by atoms with Gasteiger partial charge >= 0.3 is 0 Å². The summed E-state index contributed by atoms with van der Waals surface area (Å²) in [6, 6.07) is 8.63. The summed E-state index contributed by atoms with van der Waals surface area (Å²) in [5, 5.41) is 11.1. The van der Waals surface area contributed by atoms with Crippen molar-refractivity contribution >= 4 is 21.4 Å². The van der Waals surface area contributed by atoms with E-state index in [2.05, 4.69) is 0 Å². The first-order chi connectivity index (χ1) is 11.8. The molecule has 1 atom stereocenters. The molecule has 1 aromatic carbocycles. The van der Waals surface area contributed by atoms with Crippen molar-refractivity contribution in [3.05, 3.63) is 52.3 Å². The maximum absolute atomic E-state index is 12.5. The highest BCUT2D eigenvalue weighted by atomic mass is 32.2. The van der Waals surface area contributed by atoms with Crippen LogP contribution < -0.4 is 0 Å². The van der Waals surface area contributed by atoms with Gasteiger partial charge in [-0.05, 0) is 24.6 Å². The van der Waals surface area contributed by atoms with E-state index in [1.807, 2.05) is 0 Å². The van der Waals surface area contributed by atoms with E-state index in [4.69, 9.17) is 4.42 Å². The Morgan fingerprint density at radius 2 is 2.00 bits per heavy atom. The van der Waals surface area contributed by atoms with Gasteiger partial charge in [0.2, 0.25) is 0 Å². The first kappa shape index (κ1) is 17.2. The van der Waals surface area contributed by atoms with Gasteiger partial charge in [0.1, 0.15) is 5.76 Å². The molecule has 25 heavy (non-hydrogen) atoms. The Balaban J connectivity index is 1.84. The van der Waals surface area contributed by atoms with E-state index in [1.165, 1.54) is 30.1 Å². The van der Waals surface area contributed by atoms with Crippen LogP contribution in [-0.4, -0.2) is 48.7 Å². The Morgan fingerprint density at radius 3 is 2.64 bits per heavy atom. The number of amides is 1. The van der Waals surface area contributed by atoms with E-state index in [1.54, 1.807) is 18.2 Å². The molecule has 1 saturated heterocycles. The topological polar surface area (TPSA) is 111 Å². The largest absolute Gasteiger partial charge is 0.451 e. The number of carbonyl (C=O) groups is 1. The molecule has 9 heteroatoms. The van der Waals surface area contributed by atoms with Crippen molar-refractivity contribution in [2.75, 3.05) is 18.6 Å². The second-order valence-corrected chi connectivity index (χ2v) is 8.14. The van der Waals surface area contributed by atoms with Crippen molar-refractivity contribution in [3.8, 4) is 11.3 Å². The predicted molar refractivity (Wildman–Crippen MR) is 90.0 cm³/mol. The number of para-hydroxylation sites is 1. The van der Waals surface area contributed by atoms with Gasteiger partial charge in [-0.1, -0.05) is 12.1 Å². The number of rotatable bonds is 4. The van der Waals surface area contributed by atoms with Gasteiger partial charge in [0.05, 0.1) is 22.0 Å². The van der Waals surface area contributed by atoms with Gasteiger partial charge in [-0.25, -0.2) is 8.42 Å². The Morgan fingerprint density at radius 1 is 1.28 bits per heavy atom. The maximum atomic E-state index is 12.5. The van der Waals surface area contributed by atoms with E-state index >= 15 is 0 Å². The average molecular weight is 364 g/mol. The predicted octanol–water partition coefficient (Wildman–Crippen LogP) is 2.11. The van der Waals surface area contributed by atoms with Crippen LogP contribution in [0.15, 0.2) is 40.8 Å². The summed E-state index contributed by atoms with van der Waals surface area (Å²) in [6.45, 7) is 0. The van der Waals surface area contributed by atoms with Crippen LogP contribution in [0.1, 0.15) is 17.0 Å². The molecule has 2 heterocycles. The minimum absolute atomic E-state index is 0.0138. The highest BCUT2D eigenvalue weighted by Gasteiger charge is 2.34. The zero-order valence-electron chi connectivity index (χ0n) is 13.4. The van der Waals surface area contributed by atoms with Crippen LogP contribution in [0.3, 0.4) is 0 Å². The fraction of sp³-hybridized carbons (Fsp3) is 0.312. The fourth-order valence-electron chi connectivity index (χ4n) is 2.86. The summed E-state index contributed by atoms with van der Waals surface area (Å²) >= 11 is 0. The third-order valence-electron chi connectivity index (χ3n) is 4.26. The molecule has 0 N–H and O–H groups in total. The summed E-state index contributed by atoms with van der Waals surface area (Å²) in [4.78, 5) is 24.5. The summed E-state index contributed by atoms with van der Waals surface area (Å²) in [7, 11) is -1.58. The number of nitro benzene ring substituents is 1. The van der Waals surface area contributed by atoms with Crippen molar-refractivity contribution in [1.82, 2.24) is 4.90 Å². The molecular formula is C16H16N2O6S. The number of carbonyl (C=O) groups excluding carboxylic acids is 1. The van der Waals surface area contributed by atoms with Gasteiger partial charge in [-0.2, -0.15) is 0 Å². The number of hydrogen-bond donors (Lipinski definition) is 0. The molecule has 0 radical (unpaired) electrons. The molecule has 1 aliphatic heterocycles. The second kappa shape index (κ2) is 6.32. The van der Waals surface area contributed by atoms with Crippen LogP contribution in [0.25, 0.3) is 11.3 Å². The van der Waals surface area contributed by atoms with Gasteiger partial charge in [0, 0.05) is 19.2 Å². The molecule has 2 aromatic rings. The molecule has 0 bridgehead atoms. The summed E-state index contributed by atoms with van der Waals surface area (Å²) in [5.74, 6) is -0.225. The smallest absolute Gasteiger partial charge is 0.289 e. The maximum Gasteiger partial charge on any atom is 0.289 e. The number of sulfone groups is 1. The van der Waals surface area contributed by atoms with Crippen molar-refractivity contribution in [2.45, 2.75) is 12.5 Å². The van der Waals surface area contributed by atoms with Gasteiger partial charge in [0.15, 0.2) is 15.6 Å². The van der Waals surface area contributed by atoms with Crippen molar-refractivity contribution in [2.24, 2.45) is 0 Å². The number of nitro groups is 1. The lowest BCUT2D eigenvalue weighted by molar-refractivity contribution is -0.384. The standard InChI is InChI=1S/C16H16N2O6S/c1-17(11-8-9-25(22,23)10-11)16(19)15-7-6-14(24-15)12-4-2-3-5-13(12)18(20)21/h2-7,11H,8-10H2,1H3/t11-/m1/s1. The van der Waals surface area contributed by atoms with Gasteiger partial charge in [-0.3, -0.25) is 14.9 Å². The monoisotopic (exact) mass is 364 g/mol. The van der Waals surface area contributed by atoms with Gasteiger partial charge in [-0.15, -0.1) is 0 Å². The van der Waals surface area contributed by atoms with E-state index in [0.29, 0.717) is 6.42 Å². The molecule has 0 unspecified atom stereocenters. The quantitative estimate of drug-likeness (QED) is 0.607. The van der Waals surface area contributed by atoms with Crippen LogP contribution in [-0.2, 0) is 9.84 Å². The number of nitrogens with zero attached hydrogens (tertiary/aromatic N) is 2. The molecule has 1 fully saturated rings. The summed E-state index contributed by atoms with van der Waals surface area (Å²) in [5.41, 5.74) is 0.156. The van der Waals surface area contributed by atoms with E-state index in [-0.39, 0.29) is 34.3 Å². The third-order valence-corrected chi connectivity index (χ3v) is 6.01. The molecule has 8 nitrogen and oxygen atoms in total. The van der Waals surface area contributed by atoms with Crippen LogP contribution >= 0.6 is 0 Å². The van der Waals surface area contributed by atoms with Crippen molar-refractivity contribution in [3.63, 3.8) is 0 Å². The van der Waals surface area contributed by atoms with Crippen LogP contribution in [0.5, 0.6) is 0 Å². The molecule has 1 aromatic heterocycles. The SMILES string of the molecule is CN(C(=O)c1ccc(-c2ccccc2[N+](=O)[O-])o1)[C@@H]1CCS(=O)(=O)C1. The Hall–Kier alpha value is -2.68. The lowest BCUT2D eigenvalue weighted by atomic mass is 10.1. The number of furan rings is 1. The zero-order chi connectivity index (χ0) is 18.2. The Labute approximate surface area is 144 Å². The molecule has 132 valence electrons. The van der Waals surface area contributed by atoms with Gasteiger partial charge < -0.3 is 9.32 Å².